The first-order valence-electron chi connectivity index (χ1n) is 10.4. The van der Waals surface area contributed by atoms with Gasteiger partial charge in [-0.25, -0.2) is 18.6 Å². The van der Waals surface area contributed by atoms with E-state index in [2.05, 4.69) is 4.98 Å². The number of carboxylic acid groups (broad SMARTS) is 1. The Kier molecular flexibility index (Phi) is 6.15. The number of hydrogen-bond donors (Lipinski definition) is 2. The van der Waals surface area contributed by atoms with Crippen LogP contribution in [0.3, 0.4) is 0 Å². The number of aromatic nitrogens is 2. The highest BCUT2D eigenvalue weighted by Gasteiger charge is 2.43. The third-order valence-corrected chi connectivity index (χ3v) is 5.57. The lowest BCUT2D eigenvalue weighted by Crippen LogP contribution is -2.33. The fraction of sp³-hybridized carbons (Fsp3) is 0.318. The monoisotopic (exact) mass is 482 g/mol. The van der Waals surface area contributed by atoms with Gasteiger partial charge in [0, 0.05) is 36.6 Å². The van der Waals surface area contributed by atoms with Gasteiger partial charge in [0.05, 0.1) is 5.56 Å². The second-order valence-corrected chi connectivity index (χ2v) is 7.92. The Balaban J connectivity index is 1.90. The smallest absolute Gasteiger partial charge is 0.412 e. The highest BCUT2D eigenvalue weighted by Crippen LogP contribution is 2.38. The maximum atomic E-state index is 14.3. The van der Waals surface area contributed by atoms with Gasteiger partial charge in [-0.3, -0.25) is 9.20 Å². The predicted octanol–water partition coefficient (Wildman–Crippen LogP) is 4.38. The lowest BCUT2D eigenvalue weighted by molar-refractivity contribution is -0.143. The Morgan fingerprint density at radius 3 is 2.41 bits per heavy atom. The third-order valence-electron chi connectivity index (χ3n) is 5.57. The van der Waals surface area contributed by atoms with Gasteiger partial charge in [-0.05, 0) is 43.5 Å². The molecule has 0 radical (unpaired) electrons. The zero-order valence-corrected chi connectivity index (χ0v) is 17.6. The Hall–Kier alpha value is -3.70. The fourth-order valence-electron chi connectivity index (χ4n) is 3.99. The van der Waals surface area contributed by atoms with Crippen molar-refractivity contribution in [2.45, 2.75) is 31.5 Å². The van der Waals surface area contributed by atoms with Gasteiger partial charge in [0.25, 0.3) is 5.56 Å². The lowest BCUT2D eigenvalue weighted by Gasteiger charge is -2.28. The van der Waals surface area contributed by atoms with Crippen LogP contribution < -0.4 is 15.8 Å². The molecule has 34 heavy (non-hydrogen) atoms. The zero-order valence-electron chi connectivity index (χ0n) is 17.6. The predicted molar refractivity (Wildman–Crippen MR) is 113 cm³/mol. The number of halogens is 5. The molecule has 0 aliphatic carbocycles. The second kappa shape index (κ2) is 8.92. The van der Waals surface area contributed by atoms with E-state index in [1.165, 1.54) is 0 Å². The number of nitrogens with zero attached hydrogens (tertiary/aromatic N) is 3. The molecule has 1 fully saturated rings. The van der Waals surface area contributed by atoms with E-state index in [9.17, 15) is 36.6 Å². The van der Waals surface area contributed by atoms with Crippen molar-refractivity contribution in [1.29, 1.82) is 0 Å². The van der Waals surface area contributed by atoms with Gasteiger partial charge in [0.2, 0.25) is 0 Å². The van der Waals surface area contributed by atoms with Crippen LogP contribution in [0.1, 0.15) is 41.2 Å². The van der Waals surface area contributed by atoms with E-state index in [0.29, 0.717) is 29.6 Å². The summed E-state index contributed by atoms with van der Waals surface area (Å²) in [6, 6.07) is 1.29. The summed E-state index contributed by atoms with van der Waals surface area (Å²) < 4.78 is 71.1. The minimum Gasteiger partial charge on any atom is -0.478 e. The fourth-order valence-corrected chi connectivity index (χ4v) is 3.99. The Morgan fingerprint density at radius 1 is 1.06 bits per heavy atom. The summed E-state index contributed by atoms with van der Waals surface area (Å²) in [4.78, 5) is 30.2. The summed E-state index contributed by atoms with van der Waals surface area (Å²) in [6.07, 6.45) is -1.69. The maximum absolute atomic E-state index is 14.3. The topological polar surface area (TPSA) is 86.9 Å². The van der Waals surface area contributed by atoms with Gasteiger partial charge in [-0.2, -0.15) is 13.2 Å². The molecule has 1 atom stereocenters. The normalized spacial score (nSPS) is 15.4. The first kappa shape index (κ1) is 23.5. The molecule has 1 aliphatic rings. The minimum atomic E-state index is -5.06. The van der Waals surface area contributed by atoms with Gasteiger partial charge in [-0.1, -0.05) is 0 Å². The number of rotatable bonds is 5. The molecule has 180 valence electrons. The summed E-state index contributed by atoms with van der Waals surface area (Å²) >= 11 is 0. The van der Waals surface area contributed by atoms with Crippen LogP contribution in [0, 0.1) is 11.6 Å². The van der Waals surface area contributed by atoms with Gasteiger partial charge < -0.3 is 15.3 Å². The molecule has 12 heteroatoms. The molecular weight excluding hydrogens is 463 g/mol. The lowest BCUT2D eigenvalue weighted by atomic mass is 10.1. The molecular formula is C22H19F5N4O3. The number of benzene rings is 1. The summed E-state index contributed by atoms with van der Waals surface area (Å²) in [6.45, 7) is 1.13. The molecule has 0 amide bonds. The molecule has 3 heterocycles. The second-order valence-electron chi connectivity index (χ2n) is 7.92. The van der Waals surface area contributed by atoms with Crippen LogP contribution >= 0.6 is 0 Å². The first-order chi connectivity index (χ1) is 16.0. The molecule has 2 aromatic heterocycles. The molecule has 3 aromatic rings. The van der Waals surface area contributed by atoms with Crippen molar-refractivity contribution in [3.05, 3.63) is 69.6 Å². The average Bonchev–Trinajstić information content (AvgIpc) is 2.78. The number of alkyl halides is 3. The van der Waals surface area contributed by atoms with Crippen LogP contribution in [0.15, 0.2) is 41.3 Å². The van der Waals surface area contributed by atoms with Crippen LogP contribution in [0.2, 0.25) is 0 Å². The Bertz CT molecular complexity index is 1300. The number of aromatic carboxylic acids is 1. The Labute approximate surface area is 189 Å². The van der Waals surface area contributed by atoms with Gasteiger partial charge in [0.15, 0.2) is 6.04 Å². The Morgan fingerprint density at radius 2 is 1.76 bits per heavy atom. The van der Waals surface area contributed by atoms with Gasteiger partial charge in [-0.15, -0.1) is 0 Å². The van der Waals surface area contributed by atoms with Gasteiger partial charge in [0.1, 0.15) is 23.1 Å². The minimum absolute atomic E-state index is 0.173. The number of fused-ring (bicyclic) bond motifs is 1. The zero-order chi connectivity index (χ0) is 24.6. The maximum Gasteiger partial charge on any atom is 0.412 e. The summed E-state index contributed by atoms with van der Waals surface area (Å²) in [5, 5.41) is 11.3. The molecule has 7 nitrogen and oxygen atoms in total. The molecule has 1 aromatic carbocycles. The van der Waals surface area contributed by atoms with E-state index < -0.39 is 57.8 Å². The van der Waals surface area contributed by atoms with Crippen LogP contribution in [0.25, 0.3) is 5.65 Å². The number of hydrogen-bond acceptors (Lipinski definition) is 5. The van der Waals surface area contributed by atoms with E-state index >= 15 is 0 Å². The summed E-state index contributed by atoms with van der Waals surface area (Å²) in [7, 11) is 0. The molecule has 2 N–H and O–H groups in total. The molecule has 0 saturated carbocycles. The first-order valence-corrected chi connectivity index (χ1v) is 10.4. The molecule has 0 unspecified atom stereocenters. The van der Waals surface area contributed by atoms with Crippen molar-refractivity contribution in [1.82, 2.24) is 9.38 Å². The molecule has 0 spiro atoms. The van der Waals surface area contributed by atoms with Crippen molar-refractivity contribution >= 4 is 23.1 Å². The van der Waals surface area contributed by atoms with Gasteiger partial charge >= 0.3 is 12.1 Å². The SMILES string of the molecule is O=C(O)c1cc(F)ccc1N[C@@H](c1cc(F)cn2c(=O)cc(N3CCCCC3)nc12)C(F)(F)F. The molecule has 4 rings (SSSR count). The molecule has 1 aliphatic heterocycles. The summed E-state index contributed by atoms with van der Waals surface area (Å²) in [5.74, 6) is -3.56. The van der Waals surface area contributed by atoms with E-state index in [1.807, 2.05) is 5.32 Å². The van der Waals surface area contributed by atoms with Crippen LogP contribution in [0.5, 0.6) is 0 Å². The van der Waals surface area contributed by atoms with Crippen molar-refractivity contribution in [3.8, 4) is 0 Å². The van der Waals surface area contributed by atoms with E-state index in [0.717, 1.165) is 43.7 Å². The van der Waals surface area contributed by atoms with E-state index in [1.54, 1.807) is 4.90 Å². The third kappa shape index (κ3) is 4.66. The van der Waals surface area contributed by atoms with E-state index in [4.69, 9.17) is 0 Å². The highest BCUT2D eigenvalue weighted by molar-refractivity contribution is 5.94. The summed E-state index contributed by atoms with van der Waals surface area (Å²) in [5.41, 5.74) is -3.19. The standard InChI is InChI=1S/C22H19F5N4O3/c23-12-4-5-16(14(8-12)21(33)34)28-19(22(25,26)27)15-9-13(24)11-31-18(32)10-17(29-20(15)31)30-6-2-1-3-7-30/h4-5,8-11,19,28H,1-3,6-7H2,(H,33,34)/t19-/m0/s1. The van der Waals surface area contributed by atoms with Crippen LogP contribution in [-0.2, 0) is 0 Å². The van der Waals surface area contributed by atoms with Crippen LogP contribution in [0.4, 0.5) is 33.5 Å². The number of piperidine rings is 1. The van der Waals surface area contributed by atoms with Crippen molar-refractivity contribution < 1.29 is 31.9 Å². The number of anilines is 2. The number of nitrogens with one attached hydrogen (secondary N) is 1. The number of pyridine rings is 1. The largest absolute Gasteiger partial charge is 0.478 e. The van der Waals surface area contributed by atoms with Crippen molar-refractivity contribution in [3.63, 3.8) is 0 Å². The molecule has 1 saturated heterocycles. The van der Waals surface area contributed by atoms with Crippen LogP contribution in [-0.4, -0.2) is 39.7 Å². The van der Waals surface area contributed by atoms with Crippen molar-refractivity contribution in [2.75, 3.05) is 23.3 Å². The quantitative estimate of drug-likeness (QED) is 0.525. The average molecular weight is 482 g/mol. The number of carbonyl (C=O) groups is 1. The highest BCUT2D eigenvalue weighted by atomic mass is 19.4. The number of carboxylic acids is 1. The van der Waals surface area contributed by atoms with Crippen molar-refractivity contribution in [2.24, 2.45) is 0 Å². The molecule has 0 bridgehead atoms. The van der Waals surface area contributed by atoms with E-state index in [-0.39, 0.29) is 5.82 Å².